The van der Waals surface area contributed by atoms with Crippen LogP contribution in [0.15, 0.2) is 143 Å². The predicted molar refractivity (Wildman–Crippen MR) is 266 cm³/mol. The number of aromatic nitrogens is 6. The van der Waals surface area contributed by atoms with Gasteiger partial charge in [0.1, 0.15) is 30.2 Å². The number of aldehydes is 1. The lowest BCUT2D eigenvalue weighted by Gasteiger charge is -2.28. The number of nitrogen functional groups attached to an aromatic ring is 1. The first-order valence-electron chi connectivity index (χ1n) is 23.0. The molecule has 2 N–H and O–H groups in total. The molecule has 0 aliphatic carbocycles. The molecule has 0 radical (unpaired) electrons. The average Bonchev–Trinajstić information content (AvgIpc) is 4.03. The first-order valence-corrected chi connectivity index (χ1v) is 23.0. The van der Waals surface area contributed by atoms with Crippen LogP contribution in [-0.2, 0) is 40.3 Å². The van der Waals surface area contributed by atoms with E-state index in [1.54, 1.807) is 90.2 Å². The van der Waals surface area contributed by atoms with E-state index in [1.807, 2.05) is 60.7 Å². The van der Waals surface area contributed by atoms with Gasteiger partial charge in [0.2, 0.25) is 29.9 Å². The Morgan fingerprint density at radius 2 is 1.00 bits per heavy atom. The number of alkyl halides is 3. The number of hydrogen-bond acceptors (Lipinski definition) is 16. The number of anilines is 2. The molecule has 0 saturated heterocycles. The monoisotopic (exact) mass is 1050 g/mol. The standard InChI is InChI=1S/C31H33FN4O6.C21H17FN4O2.C2HF3O/c1-30(2,3)40-28(37)36(29(38)41-31(4,5)6)27-23(9-8-16-33-27)24-18-22(35-42-24)17-20-12-14-21(15-13-20)19-39-26-11-7-10-25(32)34-26;22-19-4-1-5-20(25-19)27-13-15-8-6-14(7-9-15)11-16-12-18(28-26-16)17-3-2-10-24-21(17)23;3-2(4,5)1-6/h7-16,18H,17,19H2,1-6H3;1-10,12H,11,13H2,(H2,23,24);1H. The Balaban J connectivity index is 0.000000236. The highest BCUT2D eigenvalue weighted by molar-refractivity contribution is 6.11. The lowest BCUT2D eigenvalue weighted by molar-refractivity contribution is -0.156. The molecule has 17 nitrogen and oxygen atoms in total. The summed E-state index contributed by atoms with van der Waals surface area (Å²) in [6.07, 6.45) is -3.42. The van der Waals surface area contributed by atoms with Crippen molar-refractivity contribution in [2.45, 2.75) is 85.0 Å². The largest absolute Gasteiger partial charge is 0.473 e. The number of imide groups is 1. The van der Waals surface area contributed by atoms with E-state index in [0.717, 1.165) is 38.4 Å². The molecule has 6 heterocycles. The Hall–Kier alpha value is -9.08. The van der Waals surface area contributed by atoms with Crippen LogP contribution < -0.4 is 20.1 Å². The van der Waals surface area contributed by atoms with Crippen molar-refractivity contribution in [2.75, 3.05) is 10.6 Å². The molecule has 76 heavy (non-hydrogen) atoms. The highest BCUT2D eigenvalue weighted by Gasteiger charge is 2.36. The Kier molecular flexibility index (Phi) is 18.7. The molecule has 2 aromatic carbocycles. The number of carbonyl (C=O) groups is 3. The molecule has 0 aliphatic rings. The van der Waals surface area contributed by atoms with Gasteiger partial charge in [-0.2, -0.15) is 36.8 Å². The molecule has 2 amide bonds. The summed E-state index contributed by atoms with van der Waals surface area (Å²) in [4.78, 5) is 51.5. The zero-order valence-corrected chi connectivity index (χ0v) is 41.9. The fourth-order valence-corrected chi connectivity index (χ4v) is 6.48. The number of benzene rings is 2. The van der Waals surface area contributed by atoms with E-state index in [4.69, 9.17) is 38.5 Å². The minimum atomic E-state index is -4.64. The number of nitrogens with two attached hydrogens (primary N) is 1. The zero-order valence-electron chi connectivity index (χ0n) is 41.9. The van der Waals surface area contributed by atoms with Crippen LogP contribution in [0.5, 0.6) is 11.8 Å². The molecule has 6 aromatic heterocycles. The van der Waals surface area contributed by atoms with Crippen molar-refractivity contribution < 1.29 is 64.3 Å². The summed E-state index contributed by atoms with van der Waals surface area (Å²) in [6.45, 7) is 10.7. The third-order valence-electron chi connectivity index (χ3n) is 9.74. The van der Waals surface area contributed by atoms with Gasteiger partial charge in [0, 0.05) is 49.5 Å². The van der Waals surface area contributed by atoms with Crippen LogP contribution in [0.2, 0.25) is 0 Å². The molecule has 0 bridgehead atoms. The van der Waals surface area contributed by atoms with Crippen molar-refractivity contribution in [3.8, 4) is 34.4 Å². The highest BCUT2D eigenvalue weighted by Crippen LogP contribution is 2.32. The summed E-state index contributed by atoms with van der Waals surface area (Å²) in [7, 11) is 0. The number of ether oxygens (including phenoxy) is 4. The quantitative estimate of drug-likeness (QED) is 0.0644. The second-order valence-electron chi connectivity index (χ2n) is 18.3. The third-order valence-corrected chi connectivity index (χ3v) is 9.74. The number of amides is 2. The summed E-state index contributed by atoms with van der Waals surface area (Å²) in [5, 5.41) is 8.29. The summed E-state index contributed by atoms with van der Waals surface area (Å²) >= 11 is 0. The Morgan fingerprint density at radius 3 is 1.41 bits per heavy atom. The van der Waals surface area contributed by atoms with Crippen LogP contribution in [0, 0.1) is 11.9 Å². The van der Waals surface area contributed by atoms with Gasteiger partial charge in [0.05, 0.1) is 22.5 Å². The molecule has 8 rings (SSSR count). The lowest BCUT2D eigenvalue weighted by atomic mass is 10.1. The van der Waals surface area contributed by atoms with Gasteiger partial charge < -0.3 is 33.7 Å². The van der Waals surface area contributed by atoms with Crippen molar-refractivity contribution in [2.24, 2.45) is 0 Å². The zero-order chi connectivity index (χ0) is 55.0. The fourth-order valence-electron chi connectivity index (χ4n) is 6.48. The van der Waals surface area contributed by atoms with Gasteiger partial charge in [-0.25, -0.2) is 19.6 Å². The first-order chi connectivity index (χ1) is 36.0. The van der Waals surface area contributed by atoms with Crippen LogP contribution in [0.3, 0.4) is 0 Å². The number of nitrogens with zero attached hydrogens (tertiary/aromatic N) is 7. The third kappa shape index (κ3) is 17.8. The van der Waals surface area contributed by atoms with E-state index in [1.165, 1.54) is 24.4 Å². The molecule has 396 valence electrons. The smallest absolute Gasteiger partial charge is 0.446 e. The maximum atomic E-state index is 13.3. The van der Waals surface area contributed by atoms with Crippen molar-refractivity contribution in [3.63, 3.8) is 0 Å². The van der Waals surface area contributed by atoms with E-state index in [2.05, 4.69) is 30.2 Å². The molecule has 8 aromatic rings. The van der Waals surface area contributed by atoms with Crippen molar-refractivity contribution in [1.29, 1.82) is 0 Å². The fraction of sp³-hybridized carbons (Fsp3) is 0.241. The van der Waals surface area contributed by atoms with Crippen LogP contribution in [0.4, 0.5) is 43.2 Å². The molecule has 0 aliphatic heterocycles. The Morgan fingerprint density at radius 1 is 0.592 bits per heavy atom. The second-order valence-corrected chi connectivity index (χ2v) is 18.3. The molecule has 0 spiro atoms. The lowest BCUT2D eigenvalue weighted by Crippen LogP contribution is -2.44. The molecular weight excluding hydrogens is 1000 g/mol. The molecule has 0 atom stereocenters. The Labute approximate surface area is 432 Å². The van der Waals surface area contributed by atoms with Gasteiger partial charge in [0.15, 0.2) is 17.3 Å². The minimum Gasteiger partial charge on any atom is -0.473 e. The van der Waals surface area contributed by atoms with Gasteiger partial charge >= 0.3 is 18.4 Å². The van der Waals surface area contributed by atoms with Gasteiger partial charge in [-0.3, -0.25) is 4.79 Å². The molecular formula is C54H51F5N8O9. The van der Waals surface area contributed by atoms with Gasteiger partial charge in [0.25, 0.3) is 0 Å². The number of rotatable bonds is 13. The normalized spacial score (nSPS) is 11.2. The number of hydrogen-bond donors (Lipinski definition) is 1. The van der Waals surface area contributed by atoms with Gasteiger partial charge in [-0.05, 0) is 100 Å². The number of halogens is 5. The van der Waals surface area contributed by atoms with Crippen molar-refractivity contribution in [3.05, 3.63) is 179 Å². The van der Waals surface area contributed by atoms with Crippen LogP contribution in [-0.4, -0.2) is 66.1 Å². The highest BCUT2D eigenvalue weighted by atomic mass is 19.4. The molecule has 22 heteroatoms. The van der Waals surface area contributed by atoms with E-state index in [-0.39, 0.29) is 24.2 Å². The second kappa shape index (κ2) is 25.2. The Bertz CT molecular complexity index is 3160. The number of carbonyl (C=O) groups excluding carboxylic acids is 3. The van der Waals surface area contributed by atoms with Crippen LogP contribution >= 0.6 is 0 Å². The predicted octanol–water partition coefficient (Wildman–Crippen LogP) is 11.9. The maximum Gasteiger partial charge on any atom is 0.446 e. The molecule has 0 fully saturated rings. The average molecular weight is 1050 g/mol. The number of pyridine rings is 4. The van der Waals surface area contributed by atoms with Crippen molar-refractivity contribution in [1.82, 2.24) is 30.2 Å². The summed E-state index contributed by atoms with van der Waals surface area (Å²) in [6, 6.07) is 34.9. The van der Waals surface area contributed by atoms with Gasteiger partial charge in [-0.15, -0.1) is 0 Å². The van der Waals surface area contributed by atoms with Crippen molar-refractivity contribution >= 4 is 30.1 Å². The minimum absolute atomic E-state index is 0.0131. The van der Waals surface area contributed by atoms with E-state index in [9.17, 15) is 31.5 Å². The maximum absolute atomic E-state index is 13.3. The summed E-state index contributed by atoms with van der Waals surface area (Å²) < 4.78 is 90.6. The van der Waals surface area contributed by atoms with Crippen LogP contribution in [0.25, 0.3) is 22.6 Å². The van der Waals surface area contributed by atoms with E-state index < -0.39 is 47.7 Å². The van der Waals surface area contributed by atoms with Crippen LogP contribution in [0.1, 0.15) is 75.2 Å². The van der Waals surface area contributed by atoms with E-state index in [0.29, 0.717) is 48.0 Å². The summed E-state index contributed by atoms with van der Waals surface area (Å²) in [5.74, 6) is 0.590. The topological polar surface area (TPSA) is 221 Å². The first kappa shape index (κ1) is 56.2. The molecule has 0 saturated carbocycles. The van der Waals surface area contributed by atoms with Gasteiger partial charge in [-0.1, -0.05) is 71.0 Å². The van der Waals surface area contributed by atoms with E-state index >= 15 is 0 Å². The SMILES string of the molecule is CC(C)(C)OC(=O)N(C(=O)OC(C)(C)C)c1ncccc1-c1cc(Cc2ccc(COc3cccc(F)n3)cc2)no1.Nc1ncccc1-c1cc(Cc2ccc(COc3cccc(F)n3)cc2)no1.O=CC(F)(F)F. The summed E-state index contributed by atoms with van der Waals surface area (Å²) in [5.41, 5.74) is 10.5. The molecule has 0 unspecified atom stereocenters.